The van der Waals surface area contributed by atoms with Crippen molar-refractivity contribution in [3.8, 4) is 0 Å². The van der Waals surface area contributed by atoms with Crippen LogP contribution in [-0.2, 0) is 17.6 Å². The van der Waals surface area contributed by atoms with Crippen LogP contribution in [0.2, 0.25) is 0 Å². The van der Waals surface area contributed by atoms with Gasteiger partial charge in [0.05, 0.1) is 17.3 Å². The van der Waals surface area contributed by atoms with Gasteiger partial charge in [-0.1, -0.05) is 6.92 Å². The lowest BCUT2D eigenvalue weighted by Gasteiger charge is -2.16. The Labute approximate surface area is 149 Å². The minimum absolute atomic E-state index is 0. The molecule has 0 saturated carbocycles. The maximum atomic E-state index is 5.12. The van der Waals surface area contributed by atoms with E-state index in [2.05, 4.69) is 46.8 Å². The first-order chi connectivity index (χ1) is 9.69. The molecule has 1 rings (SSSR count). The van der Waals surface area contributed by atoms with Crippen molar-refractivity contribution in [2.75, 3.05) is 26.8 Å². The minimum Gasteiger partial charge on any atom is -0.383 e. The molecule has 1 heterocycles. The summed E-state index contributed by atoms with van der Waals surface area (Å²) >= 11 is 1.73. The lowest BCUT2D eigenvalue weighted by atomic mass is 10.3. The maximum absolute atomic E-state index is 5.12. The molecule has 0 aliphatic rings. The lowest BCUT2D eigenvalue weighted by Crippen LogP contribution is -2.44. The van der Waals surface area contributed by atoms with Gasteiger partial charge in [-0.3, -0.25) is 4.99 Å². The SMILES string of the molecule is CCNC(=NCCc1csc(CC)n1)NC(C)COC.I. The summed E-state index contributed by atoms with van der Waals surface area (Å²) in [5.41, 5.74) is 1.14. The van der Waals surface area contributed by atoms with Crippen LogP contribution in [-0.4, -0.2) is 43.8 Å². The van der Waals surface area contributed by atoms with Crippen LogP contribution < -0.4 is 10.6 Å². The summed E-state index contributed by atoms with van der Waals surface area (Å²) in [7, 11) is 1.70. The Hall–Kier alpha value is -0.410. The normalized spacial score (nSPS) is 12.7. The molecule has 1 atom stereocenters. The molecule has 0 fully saturated rings. The molecule has 0 amide bonds. The molecule has 1 aromatic heterocycles. The molecule has 0 aliphatic heterocycles. The lowest BCUT2D eigenvalue weighted by molar-refractivity contribution is 0.179. The molecule has 0 spiro atoms. The molecule has 1 unspecified atom stereocenters. The number of nitrogens with one attached hydrogen (secondary N) is 2. The van der Waals surface area contributed by atoms with E-state index in [1.54, 1.807) is 18.4 Å². The zero-order valence-corrected chi connectivity index (χ0v) is 16.5. The maximum Gasteiger partial charge on any atom is 0.191 e. The van der Waals surface area contributed by atoms with Gasteiger partial charge in [0.2, 0.25) is 0 Å². The van der Waals surface area contributed by atoms with Crippen LogP contribution in [0.4, 0.5) is 0 Å². The standard InChI is InChI=1S/C14H26N4OS.HI/c1-5-13-18-12(10-20-13)7-8-16-14(15-6-2)17-11(3)9-19-4;/h10-11H,5-9H2,1-4H3,(H2,15,16,17);1H. The van der Waals surface area contributed by atoms with E-state index in [4.69, 9.17) is 4.74 Å². The molecule has 5 nitrogen and oxygen atoms in total. The average Bonchev–Trinajstić information content (AvgIpc) is 2.87. The van der Waals surface area contributed by atoms with Gasteiger partial charge in [0.1, 0.15) is 0 Å². The number of hydrogen-bond donors (Lipinski definition) is 2. The van der Waals surface area contributed by atoms with Crippen LogP contribution in [0, 0.1) is 0 Å². The van der Waals surface area contributed by atoms with Crippen LogP contribution in [0.5, 0.6) is 0 Å². The van der Waals surface area contributed by atoms with E-state index in [1.165, 1.54) is 5.01 Å². The van der Waals surface area contributed by atoms with Crippen LogP contribution in [0.3, 0.4) is 0 Å². The van der Waals surface area contributed by atoms with E-state index >= 15 is 0 Å². The third-order valence-corrected chi connectivity index (χ3v) is 3.73. The summed E-state index contributed by atoms with van der Waals surface area (Å²) in [5.74, 6) is 0.836. The number of methoxy groups -OCH3 is 1. The highest BCUT2D eigenvalue weighted by Gasteiger charge is 2.04. The molecule has 7 heteroatoms. The van der Waals surface area contributed by atoms with Gasteiger partial charge in [-0.15, -0.1) is 35.3 Å². The number of aliphatic imine (C=N–C) groups is 1. The third-order valence-electron chi connectivity index (χ3n) is 2.68. The summed E-state index contributed by atoms with van der Waals surface area (Å²) in [6, 6.07) is 0.240. The zero-order valence-electron chi connectivity index (χ0n) is 13.3. The fourth-order valence-corrected chi connectivity index (χ4v) is 2.53. The quantitative estimate of drug-likeness (QED) is 0.381. The van der Waals surface area contributed by atoms with Crippen molar-refractivity contribution in [2.45, 2.75) is 39.7 Å². The van der Waals surface area contributed by atoms with Gasteiger partial charge >= 0.3 is 0 Å². The second-order valence-corrected chi connectivity index (χ2v) is 5.54. The van der Waals surface area contributed by atoms with Crippen LogP contribution in [0.25, 0.3) is 0 Å². The van der Waals surface area contributed by atoms with Crippen molar-refractivity contribution in [1.82, 2.24) is 15.6 Å². The first-order valence-electron chi connectivity index (χ1n) is 7.16. The van der Waals surface area contributed by atoms with E-state index in [0.29, 0.717) is 6.61 Å². The molecule has 0 aromatic carbocycles. The predicted octanol–water partition coefficient (Wildman–Crippen LogP) is 2.46. The monoisotopic (exact) mass is 426 g/mol. The van der Waals surface area contributed by atoms with Crippen LogP contribution in [0.15, 0.2) is 10.4 Å². The first-order valence-corrected chi connectivity index (χ1v) is 8.04. The predicted molar refractivity (Wildman–Crippen MR) is 101 cm³/mol. The molecule has 122 valence electrons. The minimum atomic E-state index is 0. The fourth-order valence-electron chi connectivity index (χ4n) is 1.75. The van der Waals surface area contributed by atoms with Gasteiger partial charge in [0, 0.05) is 38.0 Å². The second-order valence-electron chi connectivity index (χ2n) is 4.60. The van der Waals surface area contributed by atoms with Gasteiger partial charge in [0.15, 0.2) is 5.96 Å². The average molecular weight is 426 g/mol. The number of aryl methyl sites for hydroxylation is 1. The van der Waals surface area contributed by atoms with E-state index < -0.39 is 0 Å². The highest BCUT2D eigenvalue weighted by Crippen LogP contribution is 2.10. The number of guanidine groups is 1. The van der Waals surface area contributed by atoms with E-state index in [0.717, 1.165) is 37.6 Å². The van der Waals surface area contributed by atoms with Crippen molar-refractivity contribution in [2.24, 2.45) is 4.99 Å². The van der Waals surface area contributed by atoms with Gasteiger partial charge in [-0.25, -0.2) is 4.98 Å². The second kappa shape index (κ2) is 12.2. The Kier molecular flexibility index (Phi) is 11.9. The van der Waals surface area contributed by atoms with Crippen molar-refractivity contribution in [1.29, 1.82) is 0 Å². The molecule has 0 aliphatic carbocycles. The Morgan fingerprint density at radius 1 is 1.48 bits per heavy atom. The third kappa shape index (κ3) is 8.57. The van der Waals surface area contributed by atoms with Gasteiger partial charge in [-0.05, 0) is 20.3 Å². The Bertz CT molecular complexity index is 411. The van der Waals surface area contributed by atoms with Crippen LogP contribution in [0.1, 0.15) is 31.5 Å². The Morgan fingerprint density at radius 3 is 2.81 bits per heavy atom. The van der Waals surface area contributed by atoms with E-state index in [-0.39, 0.29) is 30.0 Å². The summed E-state index contributed by atoms with van der Waals surface area (Å²) in [5, 5.41) is 9.88. The number of ether oxygens (including phenoxy) is 1. The highest BCUT2D eigenvalue weighted by molar-refractivity contribution is 14.0. The van der Waals surface area contributed by atoms with Gasteiger partial charge in [-0.2, -0.15) is 0 Å². The van der Waals surface area contributed by atoms with E-state index in [1.807, 2.05) is 0 Å². The Morgan fingerprint density at radius 2 is 2.24 bits per heavy atom. The molecule has 0 bridgehead atoms. The highest BCUT2D eigenvalue weighted by atomic mass is 127. The summed E-state index contributed by atoms with van der Waals surface area (Å²) in [6.07, 6.45) is 1.89. The molecular weight excluding hydrogens is 399 g/mol. The molecule has 0 saturated heterocycles. The number of aromatic nitrogens is 1. The number of thiazole rings is 1. The van der Waals surface area contributed by atoms with Gasteiger partial charge < -0.3 is 15.4 Å². The zero-order chi connectivity index (χ0) is 14.8. The van der Waals surface area contributed by atoms with Crippen molar-refractivity contribution in [3.63, 3.8) is 0 Å². The topological polar surface area (TPSA) is 58.5 Å². The Balaban J connectivity index is 0.00000400. The van der Waals surface area contributed by atoms with Crippen molar-refractivity contribution in [3.05, 3.63) is 16.1 Å². The van der Waals surface area contributed by atoms with Gasteiger partial charge in [0.25, 0.3) is 0 Å². The molecule has 0 radical (unpaired) electrons. The molecule has 2 N–H and O–H groups in total. The summed E-state index contributed by atoms with van der Waals surface area (Å²) < 4.78 is 5.12. The van der Waals surface area contributed by atoms with Crippen LogP contribution >= 0.6 is 35.3 Å². The largest absolute Gasteiger partial charge is 0.383 e. The van der Waals surface area contributed by atoms with Crippen molar-refractivity contribution < 1.29 is 4.74 Å². The molecule has 21 heavy (non-hydrogen) atoms. The smallest absolute Gasteiger partial charge is 0.191 e. The summed E-state index contributed by atoms with van der Waals surface area (Å²) in [6.45, 7) is 8.52. The van der Waals surface area contributed by atoms with Crippen molar-refractivity contribution >= 4 is 41.3 Å². The number of halogens is 1. The number of nitrogens with zero attached hydrogens (tertiary/aromatic N) is 2. The number of hydrogen-bond acceptors (Lipinski definition) is 4. The molecular formula is C14H27IN4OS. The summed E-state index contributed by atoms with van der Waals surface area (Å²) in [4.78, 5) is 9.12. The molecule has 1 aromatic rings. The fraction of sp³-hybridized carbons (Fsp3) is 0.714. The number of rotatable bonds is 8. The first kappa shape index (κ1) is 20.6. The van der Waals surface area contributed by atoms with E-state index in [9.17, 15) is 0 Å².